The standard InChI is InChI=1S/C25H19BrN2O4/c1-16-2-9-21(10-3-16)28-24(29)20(14-27)12-18-6-11-23(22(26)13-18)32-15-17-4-7-19(8-5-17)25(30)31/h2-13H,15H2,1H3,(H,28,29)(H,30,31)/b20-12+. The lowest BCUT2D eigenvalue weighted by molar-refractivity contribution is -0.112. The molecule has 3 aromatic carbocycles. The molecular weight excluding hydrogens is 472 g/mol. The largest absolute Gasteiger partial charge is 0.488 e. The molecule has 0 heterocycles. The smallest absolute Gasteiger partial charge is 0.335 e. The molecular formula is C25H19BrN2O4. The number of nitrogens with one attached hydrogen (secondary N) is 1. The Morgan fingerprint density at radius 1 is 1.09 bits per heavy atom. The molecule has 0 unspecified atom stereocenters. The van der Waals surface area contributed by atoms with Crippen LogP contribution in [0.5, 0.6) is 5.75 Å². The number of ether oxygens (including phenoxy) is 1. The third-order valence-corrected chi connectivity index (χ3v) is 5.16. The van der Waals surface area contributed by atoms with Crippen LogP contribution >= 0.6 is 15.9 Å². The molecule has 6 nitrogen and oxygen atoms in total. The number of carboxylic acid groups (broad SMARTS) is 1. The quantitative estimate of drug-likeness (QED) is 0.332. The fourth-order valence-corrected chi connectivity index (χ4v) is 3.29. The fraction of sp³-hybridized carbons (Fsp3) is 0.0800. The molecule has 0 fully saturated rings. The van der Waals surface area contributed by atoms with Gasteiger partial charge in [0.25, 0.3) is 5.91 Å². The van der Waals surface area contributed by atoms with Crippen molar-refractivity contribution in [2.45, 2.75) is 13.5 Å². The first-order chi connectivity index (χ1) is 15.4. The maximum absolute atomic E-state index is 12.4. The number of carbonyl (C=O) groups is 2. The minimum atomic E-state index is -0.979. The number of nitriles is 1. The van der Waals surface area contributed by atoms with E-state index in [4.69, 9.17) is 9.84 Å². The summed E-state index contributed by atoms with van der Waals surface area (Å²) in [4.78, 5) is 23.4. The van der Waals surface area contributed by atoms with E-state index < -0.39 is 11.9 Å². The first-order valence-corrected chi connectivity index (χ1v) is 10.4. The second kappa shape index (κ2) is 10.4. The van der Waals surface area contributed by atoms with Crippen molar-refractivity contribution < 1.29 is 19.4 Å². The van der Waals surface area contributed by atoms with Gasteiger partial charge in [-0.05, 0) is 76.5 Å². The molecule has 0 bridgehead atoms. The lowest BCUT2D eigenvalue weighted by Crippen LogP contribution is -2.13. The highest BCUT2D eigenvalue weighted by Crippen LogP contribution is 2.28. The van der Waals surface area contributed by atoms with Crippen LogP contribution < -0.4 is 10.1 Å². The number of amides is 1. The Kier molecular flexibility index (Phi) is 7.42. The molecule has 0 radical (unpaired) electrons. The average Bonchev–Trinajstić information content (AvgIpc) is 2.78. The molecule has 1 amide bonds. The van der Waals surface area contributed by atoms with Crippen LogP contribution in [0.3, 0.4) is 0 Å². The Morgan fingerprint density at radius 3 is 2.38 bits per heavy atom. The molecule has 160 valence electrons. The first-order valence-electron chi connectivity index (χ1n) is 9.60. The Labute approximate surface area is 193 Å². The van der Waals surface area contributed by atoms with Crippen molar-refractivity contribution in [3.8, 4) is 11.8 Å². The summed E-state index contributed by atoms with van der Waals surface area (Å²) in [6.45, 7) is 2.21. The van der Waals surface area contributed by atoms with Gasteiger partial charge in [0.05, 0.1) is 10.0 Å². The molecule has 0 spiro atoms. The van der Waals surface area contributed by atoms with Crippen molar-refractivity contribution in [2.75, 3.05) is 5.32 Å². The van der Waals surface area contributed by atoms with Gasteiger partial charge in [-0.15, -0.1) is 0 Å². The molecule has 32 heavy (non-hydrogen) atoms. The second-order valence-corrected chi connectivity index (χ2v) is 7.82. The number of rotatable bonds is 7. The van der Waals surface area contributed by atoms with Crippen LogP contribution in [0.1, 0.15) is 27.0 Å². The summed E-state index contributed by atoms with van der Waals surface area (Å²) in [6, 6.07) is 20.9. The normalized spacial score (nSPS) is 10.8. The van der Waals surface area contributed by atoms with Gasteiger partial charge in [0.15, 0.2) is 0 Å². The van der Waals surface area contributed by atoms with Gasteiger partial charge in [-0.2, -0.15) is 5.26 Å². The number of carbonyl (C=O) groups excluding carboxylic acids is 1. The molecule has 0 aliphatic heterocycles. The molecule has 0 atom stereocenters. The van der Waals surface area contributed by atoms with Crippen LogP contribution in [0, 0.1) is 18.3 Å². The molecule has 0 saturated carbocycles. The maximum Gasteiger partial charge on any atom is 0.335 e. The summed E-state index contributed by atoms with van der Waals surface area (Å²) in [5, 5.41) is 21.1. The summed E-state index contributed by atoms with van der Waals surface area (Å²) in [7, 11) is 0. The Morgan fingerprint density at radius 2 is 1.78 bits per heavy atom. The van der Waals surface area contributed by atoms with E-state index in [1.54, 1.807) is 42.5 Å². The topological polar surface area (TPSA) is 99.4 Å². The minimum absolute atomic E-state index is 0.0235. The zero-order valence-electron chi connectivity index (χ0n) is 17.1. The lowest BCUT2D eigenvalue weighted by atomic mass is 10.1. The Bertz CT molecular complexity index is 1210. The Hall–Kier alpha value is -3.89. The van der Waals surface area contributed by atoms with Gasteiger partial charge in [0, 0.05) is 5.69 Å². The SMILES string of the molecule is Cc1ccc(NC(=O)/C(C#N)=C/c2ccc(OCc3ccc(C(=O)O)cc3)c(Br)c2)cc1. The van der Waals surface area contributed by atoms with Gasteiger partial charge in [0.2, 0.25) is 0 Å². The highest BCUT2D eigenvalue weighted by molar-refractivity contribution is 9.10. The van der Waals surface area contributed by atoms with E-state index >= 15 is 0 Å². The second-order valence-electron chi connectivity index (χ2n) is 6.97. The number of benzene rings is 3. The number of halogens is 1. The predicted octanol–water partition coefficient (Wildman–Crippen LogP) is 5.58. The molecule has 7 heteroatoms. The molecule has 0 saturated heterocycles. The maximum atomic E-state index is 12.4. The number of hydrogen-bond donors (Lipinski definition) is 2. The zero-order chi connectivity index (χ0) is 23.1. The number of aryl methyl sites for hydroxylation is 1. The number of hydrogen-bond acceptors (Lipinski definition) is 4. The number of aromatic carboxylic acids is 1. The van der Waals surface area contributed by atoms with E-state index in [1.807, 2.05) is 25.1 Å². The predicted molar refractivity (Wildman–Crippen MR) is 125 cm³/mol. The first kappa shape index (κ1) is 22.8. The monoisotopic (exact) mass is 490 g/mol. The summed E-state index contributed by atoms with van der Waals surface area (Å²) in [5.74, 6) is -0.891. The van der Waals surface area contributed by atoms with Gasteiger partial charge in [0.1, 0.15) is 24.0 Å². The van der Waals surface area contributed by atoms with E-state index in [0.717, 1.165) is 11.1 Å². The van der Waals surface area contributed by atoms with Crippen LogP contribution in [-0.4, -0.2) is 17.0 Å². The molecule has 2 N–H and O–H groups in total. The Balaban J connectivity index is 1.67. The third-order valence-electron chi connectivity index (χ3n) is 4.54. The summed E-state index contributed by atoms with van der Waals surface area (Å²) in [5.41, 5.74) is 3.36. The zero-order valence-corrected chi connectivity index (χ0v) is 18.7. The van der Waals surface area contributed by atoms with Crippen molar-refractivity contribution in [2.24, 2.45) is 0 Å². The average molecular weight is 491 g/mol. The highest BCUT2D eigenvalue weighted by Gasteiger charge is 2.11. The van der Waals surface area contributed by atoms with E-state index in [9.17, 15) is 14.9 Å². The van der Waals surface area contributed by atoms with E-state index in [2.05, 4.69) is 21.2 Å². The molecule has 3 aromatic rings. The van der Waals surface area contributed by atoms with Crippen LogP contribution in [0.25, 0.3) is 6.08 Å². The van der Waals surface area contributed by atoms with E-state index in [-0.39, 0.29) is 17.7 Å². The minimum Gasteiger partial charge on any atom is -0.488 e. The van der Waals surface area contributed by atoms with Crippen LogP contribution in [0.4, 0.5) is 5.69 Å². The van der Waals surface area contributed by atoms with Gasteiger partial charge in [-0.1, -0.05) is 35.9 Å². The number of carboxylic acids is 1. The van der Waals surface area contributed by atoms with Crippen molar-refractivity contribution in [3.63, 3.8) is 0 Å². The van der Waals surface area contributed by atoms with Crippen molar-refractivity contribution in [1.82, 2.24) is 0 Å². The highest BCUT2D eigenvalue weighted by atomic mass is 79.9. The summed E-state index contributed by atoms with van der Waals surface area (Å²) < 4.78 is 6.44. The summed E-state index contributed by atoms with van der Waals surface area (Å²) in [6.07, 6.45) is 1.50. The van der Waals surface area contributed by atoms with Crippen LogP contribution in [0.15, 0.2) is 76.8 Å². The molecule has 0 aliphatic rings. The molecule has 0 aliphatic carbocycles. The van der Waals surface area contributed by atoms with Crippen molar-refractivity contribution in [3.05, 3.63) is 99.0 Å². The van der Waals surface area contributed by atoms with Gasteiger partial charge in [-0.25, -0.2) is 4.79 Å². The van der Waals surface area contributed by atoms with Crippen LogP contribution in [-0.2, 0) is 11.4 Å². The van der Waals surface area contributed by atoms with Gasteiger partial charge < -0.3 is 15.2 Å². The fourth-order valence-electron chi connectivity index (χ4n) is 2.78. The summed E-state index contributed by atoms with van der Waals surface area (Å²) >= 11 is 3.45. The number of nitrogens with zero attached hydrogens (tertiary/aromatic N) is 1. The van der Waals surface area contributed by atoms with Gasteiger partial charge >= 0.3 is 5.97 Å². The molecule has 3 rings (SSSR count). The van der Waals surface area contributed by atoms with Crippen LogP contribution in [0.2, 0.25) is 0 Å². The number of anilines is 1. The van der Waals surface area contributed by atoms with Crippen molar-refractivity contribution in [1.29, 1.82) is 5.26 Å². The van der Waals surface area contributed by atoms with Gasteiger partial charge in [-0.3, -0.25) is 4.79 Å². The third kappa shape index (κ3) is 6.06. The lowest BCUT2D eigenvalue weighted by Gasteiger charge is -2.10. The van der Waals surface area contributed by atoms with Crippen molar-refractivity contribution >= 4 is 39.6 Å². The van der Waals surface area contributed by atoms with E-state index in [0.29, 0.717) is 21.5 Å². The molecule has 0 aromatic heterocycles. The van der Waals surface area contributed by atoms with E-state index in [1.165, 1.54) is 18.2 Å².